The van der Waals surface area contributed by atoms with Crippen LogP contribution >= 0.6 is 15.9 Å². The van der Waals surface area contributed by atoms with Crippen LogP contribution in [-0.2, 0) is 6.42 Å². The fourth-order valence-corrected chi connectivity index (χ4v) is 3.31. The molecule has 4 rings (SSSR count). The van der Waals surface area contributed by atoms with Gasteiger partial charge >= 0.3 is 0 Å². The molecule has 0 radical (unpaired) electrons. The van der Waals surface area contributed by atoms with Gasteiger partial charge in [-0.05, 0) is 55.0 Å². The van der Waals surface area contributed by atoms with Gasteiger partial charge in [0.15, 0.2) is 0 Å². The van der Waals surface area contributed by atoms with E-state index in [4.69, 9.17) is 0 Å². The summed E-state index contributed by atoms with van der Waals surface area (Å²) in [5, 5.41) is 2.64. The average Bonchev–Trinajstić information content (AvgIpc) is 2.79. The predicted octanol–water partition coefficient (Wildman–Crippen LogP) is 4.57. The highest BCUT2D eigenvalue weighted by molar-refractivity contribution is 9.10. The summed E-state index contributed by atoms with van der Waals surface area (Å²) in [5.41, 5.74) is 5.41. The van der Waals surface area contributed by atoms with Crippen LogP contribution in [0.1, 0.15) is 11.1 Å². The van der Waals surface area contributed by atoms with Crippen LogP contribution in [0.5, 0.6) is 0 Å². The lowest BCUT2D eigenvalue weighted by molar-refractivity contribution is 1.16. The van der Waals surface area contributed by atoms with Crippen molar-refractivity contribution in [1.29, 1.82) is 0 Å². The Bertz CT molecular complexity index is 777. The summed E-state index contributed by atoms with van der Waals surface area (Å²) in [6.45, 7) is 0. The van der Waals surface area contributed by atoms with Crippen molar-refractivity contribution in [2.75, 3.05) is 0 Å². The van der Waals surface area contributed by atoms with Gasteiger partial charge in [0, 0.05) is 12.6 Å². The molecule has 0 atom stereocenters. The third kappa shape index (κ3) is 1.30. The van der Waals surface area contributed by atoms with Gasteiger partial charge in [-0.25, -0.2) is 4.98 Å². The van der Waals surface area contributed by atoms with E-state index in [2.05, 4.69) is 63.4 Å². The molecule has 0 saturated heterocycles. The van der Waals surface area contributed by atoms with E-state index in [1.54, 1.807) is 0 Å². The average molecular weight is 296 g/mol. The molecule has 3 aromatic rings. The Labute approximate surface area is 114 Å². The maximum Gasteiger partial charge on any atom is 0.110 e. The van der Waals surface area contributed by atoms with Crippen LogP contribution in [0.2, 0.25) is 0 Å². The number of fused-ring (bicyclic) bond motifs is 5. The highest BCUT2D eigenvalue weighted by atomic mass is 79.9. The van der Waals surface area contributed by atoms with Gasteiger partial charge in [0.25, 0.3) is 0 Å². The zero-order chi connectivity index (χ0) is 12.1. The summed E-state index contributed by atoms with van der Waals surface area (Å²) < 4.78 is 0.972. The number of pyridine rings is 1. The van der Waals surface area contributed by atoms with Crippen molar-refractivity contribution in [3.8, 4) is 11.1 Å². The van der Waals surface area contributed by atoms with E-state index in [-0.39, 0.29) is 0 Å². The summed E-state index contributed by atoms with van der Waals surface area (Å²) >= 11 is 3.56. The summed E-state index contributed by atoms with van der Waals surface area (Å²) in [6.07, 6.45) is 2.85. The molecular formula is C16H10BrN. The number of hydrogen-bond donors (Lipinski definition) is 0. The number of rotatable bonds is 0. The molecule has 1 heterocycles. The third-order valence-corrected chi connectivity index (χ3v) is 4.34. The molecule has 18 heavy (non-hydrogen) atoms. The van der Waals surface area contributed by atoms with Gasteiger partial charge in [-0.3, -0.25) is 0 Å². The van der Waals surface area contributed by atoms with Crippen molar-refractivity contribution in [3.63, 3.8) is 0 Å². The van der Waals surface area contributed by atoms with Crippen LogP contribution in [0.15, 0.2) is 53.3 Å². The van der Waals surface area contributed by atoms with E-state index in [0.717, 1.165) is 11.0 Å². The maximum absolute atomic E-state index is 4.33. The Hall–Kier alpha value is -1.67. The van der Waals surface area contributed by atoms with E-state index in [9.17, 15) is 0 Å². The Morgan fingerprint density at radius 3 is 2.83 bits per heavy atom. The van der Waals surface area contributed by atoms with Crippen molar-refractivity contribution >= 4 is 26.7 Å². The molecule has 1 aliphatic carbocycles. The lowest BCUT2D eigenvalue weighted by Gasteiger charge is -2.06. The van der Waals surface area contributed by atoms with Crippen LogP contribution in [0.4, 0.5) is 0 Å². The second-order valence-electron chi connectivity index (χ2n) is 4.63. The van der Waals surface area contributed by atoms with Gasteiger partial charge in [0.05, 0.1) is 0 Å². The van der Waals surface area contributed by atoms with Gasteiger partial charge in [-0.2, -0.15) is 0 Å². The molecular weight excluding hydrogens is 286 g/mol. The molecule has 1 nitrogen and oxygen atoms in total. The van der Waals surface area contributed by atoms with E-state index < -0.39 is 0 Å². The third-order valence-electron chi connectivity index (χ3n) is 3.66. The van der Waals surface area contributed by atoms with E-state index in [0.29, 0.717) is 0 Å². The number of benzene rings is 2. The molecule has 0 spiro atoms. The molecule has 2 heteroatoms. The van der Waals surface area contributed by atoms with Crippen molar-refractivity contribution in [3.05, 3.63) is 64.4 Å². The largest absolute Gasteiger partial charge is 0.249 e. The van der Waals surface area contributed by atoms with E-state index in [1.165, 1.54) is 33.0 Å². The Morgan fingerprint density at radius 1 is 1.00 bits per heavy atom. The molecule has 0 fully saturated rings. The molecule has 0 aliphatic heterocycles. The quantitative estimate of drug-likeness (QED) is 0.433. The number of hydrogen-bond acceptors (Lipinski definition) is 1. The van der Waals surface area contributed by atoms with Crippen LogP contribution in [0.3, 0.4) is 0 Å². The molecule has 0 N–H and O–H groups in total. The summed E-state index contributed by atoms with van der Waals surface area (Å²) in [7, 11) is 0. The molecule has 0 amide bonds. The Kier molecular flexibility index (Phi) is 2.09. The fraction of sp³-hybridized carbons (Fsp3) is 0.0625. The number of nitrogens with zero attached hydrogens (tertiary/aromatic N) is 1. The zero-order valence-electron chi connectivity index (χ0n) is 9.65. The van der Waals surface area contributed by atoms with Crippen LogP contribution < -0.4 is 0 Å². The molecule has 2 aromatic carbocycles. The minimum atomic E-state index is 0.972. The first-order chi connectivity index (χ1) is 8.84. The Morgan fingerprint density at radius 2 is 1.89 bits per heavy atom. The van der Waals surface area contributed by atoms with Crippen LogP contribution in [-0.4, -0.2) is 4.98 Å². The van der Waals surface area contributed by atoms with Gasteiger partial charge in [0.2, 0.25) is 0 Å². The van der Waals surface area contributed by atoms with Gasteiger partial charge in [-0.15, -0.1) is 0 Å². The van der Waals surface area contributed by atoms with Gasteiger partial charge in [-0.1, -0.05) is 36.4 Å². The summed E-state index contributed by atoms with van der Waals surface area (Å²) in [4.78, 5) is 4.33. The minimum Gasteiger partial charge on any atom is -0.249 e. The predicted molar refractivity (Wildman–Crippen MR) is 77.7 cm³/mol. The highest BCUT2D eigenvalue weighted by Gasteiger charge is 2.22. The lowest BCUT2D eigenvalue weighted by Crippen LogP contribution is -1.85. The second-order valence-corrected chi connectivity index (χ2v) is 5.38. The molecule has 0 unspecified atom stereocenters. The topological polar surface area (TPSA) is 12.9 Å². The summed E-state index contributed by atoms with van der Waals surface area (Å²) in [5.74, 6) is 0. The van der Waals surface area contributed by atoms with Crippen molar-refractivity contribution in [1.82, 2.24) is 4.98 Å². The second kappa shape index (κ2) is 3.66. The lowest BCUT2D eigenvalue weighted by atomic mass is 9.98. The van der Waals surface area contributed by atoms with Gasteiger partial charge in [0.1, 0.15) is 4.60 Å². The van der Waals surface area contributed by atoms with Crippen molar-refractivity contribution < 1.29 is 0 Å². The standard InChI is InChI=1S/C16H10BrN/c17-16-14-9-11-6-5-10-3-1-2-4-12(10)15(11)13(14)7-8-18-16/h1-8H,9H2. The van der Waals surface area contributed by atoms with Crippen molar-refractivity contribution in [2.24, 2.45) is 0 Å². The smallest absolute Gasteiger partial charge is 0.110 e. The minimum absolute atomic E-state index is 0.972. The van der Waals surface area contributed by atoms with Crippen LogP contribution in [0.25, 0.3) is 21.9 Å². The molecule has 0 saturated carbocycles. The summed E-state index contributed by atoms with van der Waals surface area (Å²) in [6, 6.07) is 15.1. The normalized spacial score (nSPS) is 12.5. The van der Waals surface area contributed by atoms with E-state index in [1.807, 2.05) is 6.20 Å². The van der Waals surface area contributed by atoms with Crippen LogP contribution in [0, 0.1) is 0 Å². The van der Waals surface area contributed by atoms with Gasteiger partial charge < -0.3 is 0 Å². The monoisotopic (exact) mass is 295 g/mol. The molecule has 86 valence electrons. The molecule has 1 aliphatic rings. The first kappa shape index (κ1) is 10.3. The molecule has 0 bridgehead atoms. The molecule has 1 aromatic heterocycles. The SMILES string of the molecule is Brc1nccc2c1Cc1ccc3ccccc3c1-2. The Balaban J connectivity index is 2.16. The van der Waals surface area contributed by atoms with Crippen molar-refractivity contribution in [2.45, 2.75) is 6.42 Å². The number of halogens is 1. The first-order valence-electron chi connectivity index (χ1n) is 5.99. The fourth-order valence-electron chi connectivity index (χ4n) is 2.84. The number of aromatic nitrogens is 1. The zero-order valence-corrected chi connectivity index (χ0v) is 11.2. The van der Waals surface area contributed by atoms with E-state index >= 15 is 0 Å². The first-order valence-corrected chi connectivity index (χ1v) is 6.78. The highest BCUT2D eigenvalue weighted by Crippen LogP contribution is 2.42. The maximum atomic E-state index is 4.33.